The molecule has 0 radical (unpaired) electrons. The smallest absolute Gasteiger partial charge is 0.274 e. The zero-order valence-corrected chi connectivity index (χ0v) is 14.9. The third kappa shape index (κ3) is 4.32. The van der Waals surface area contributed by atoms with E-state index in [1.807, 2.05) is 36.0 Å². The molecule has 1 aliphatic rings. The molecule has 1 atom stereocenters. The molecule has 25 heavy (non-hydrogen) atoms. The van der Waals surface area contributed by atoms with Crippen LogP contribution in [0.4, 0.5) is 5.82 Å². The summed E-state index contributed by atoms with van der Waals surface area (Å²) < 4.78 is 0. The molecule has 132 valence electrons. The van der Waals surface area contributed by atoms with E-state index in [0.717, 1.165) is 43.7 Å². The van der Waals surface area contributed by atoms with E-state index in [0.29, 0.717) is 5.69 Å². The van der Waals surface area contributed by atoms with Gasteiger partial charge in [0.05, 0.1) is 6.20 Å². The van der Waals surface area contributed by atoms with Crippen molar-refractivity contribution in [2.24, 2.45) is 0 Å². The van der Waals surface area contributed by atoms with Crippen LogP contribution in [0, 0.1) is 0 Å². The van der Waals surface area contributed by atoms with Crippen molar-refractivity contribution in [3.8, 4) is 0 Å². The average molecular weight is 339 g/mol. The standard InChI is InChI=1S/C19H25N5O/c1-23(2)18-8-5-6-15(22-18)9-10-16-7-3-4-13-24(16)19(25)17-14-20-11-12-21-17/h5-6,8,11-12,14,16H,3-4,7,9-10,13H2,1-2H3/t16-/m1/s1. The normalized spacial score (nSPS) is 17.4. The lowest BCUT2D eigenvalue weighted by molar-refractivity contribution is 0.0595. The van der Waals surface area contributed by atoms with Crippen molar-refractivity contribution in [1.82, 2.24) is 19.9 Å². The third-order valence-corrected chi connectivity index (χ3v) is 4.65. The molecule has 0 N–H and O–H groups in total. The number of piperidine rings is 1. The second kappa shape index (κ2) is 8.05. The summed E-state index contributed by atoms with van der Waals surface area (Å²) in [6.45, 7) is 0.797. The van der Waals surface area contributed by atoms with Crippen LogP contribution in [0.1, 0.15) is 41.9 Å². The van der Waals surface area contributed by atoms with Gasteiger partial charge in [0, 0.05) is 44.8 Å². The summed E-state index contributed by atoms with van der Waals surface area (Å²) in [4.78, 5) is 29.6. The van der Waals surface area contributed by atoms with Gasteiger partial charge in [-0.05, 0) is 44.2 Å². The average Bonchev–Trinajstić information content (AvgIpc) is 2.67. The molecule has 1 fully saturated rings. The van der Waals surface area contributed by atoms with E-state index in [9.17, 15) is 4.79 Å². The number of rotatable bonds is 5. The molecule has 2 aromatic rings. The number of aromatic nitrogens is 3. The molecule has 3 heterocycles. The molecule has 2 aromatic heterocycles. The van der Waals surface area contributed by atoms with Crippen molar-refractivity contribution in [2.75, 3.05) is 25.5 Å². The van der Waals surface area contributed by atoms with E-state index >= 15 is 0 Å². The van der Waals surface area contributed by atoms with Gasteiger partial charge in [-0.25, -0.2) is 9.97 Å². The molecule has 6 nitrogen and oxygen atoms in total. The summed E-state index contributed by atoms with van der Waals surface area (Å²) in [5.41, 5.74) is 1.51. The zero-order chi connectivity index (χ0) is 17.6. The number of amides is 1. The highest BCUT2D eigenvalue weighted by atomic mass is 16.2. The summed E-state index contributed by atoms with van der Waals surface area (Å²) in [7, 11) is 3.99. The Kier molecular flexibility index (Phi) is 5.58. The number of aryl methyl sites for hydroxylation is 1. The minimum Gasteiger partial charge on any atom is -0.363 e. The van der Waals surface area contributed by atoms with Crippen molar-refractivity contribution in [1.29, 1.82) is 0 Å². The van der Waals surface area contributed by atoms with Gasteiger partial charge in [-0.15, -0.1) is 0 Å². The Bertz CT molecular complexity index is 704. The molecule has 1 saturated heterocycles. The molecular weight excluding hydrogens is 314 g/mol. The van der Waals surface area contributed by atoms with E-state index < -0.39 is 0 Å². The van der Waals surface area contributed by atoms with Crippen molar-refractivity contribution in [3.05, 3.63) is 48.2 Å². The van der Waals surface area contributed by atoms with Crippen LogP contribution in [0.5, 0.6) is 0 Å². The largest absolute Gasteiger partial charge is 0.363 e. The zero-order valence-electron chi connectivity index (χ0n) is 14.9. The number of likely N-dealkylation sites (tertiary alicyclic amines) is 1. The molecule has 0 aromatic carbocycles. The summed E-state index contributed by atoms with van der Waals surface area (Å²) in [6, 6.07) is 6.35. The quantitative estimate of drug-likeness (QED) is 0.838. The van der Waals surface area contributed by atoms with Crippen LogP contribution in [0.3, 0.4) is 0 Å². The van der Waals surface area contributed by atoms with Gasteiger partial charge in [-0.2, -0.15) is 0 Å². The molecule has 0 spiro atoms. The first-order valence-corrected chi connectivity index (χ1v) is 8.85. The van der Waals surface area contributed by atoms with E-state index in [-0.39, 0.29) is 11.9 Å². The Morgan fingerprint density at radius 3 is 2.92 bits per heavy atom. The first-order chi connectivity index (χ1) is 12.1. The first-order valence-electron chi connectivity index (χ1n) is 8.85. The Morgan fingerprint density at radius 1 is 1.28 bits per heavy atom. The molecular formula is C19H25N5O. The fourth-order valence-electron chi connectivity index (χ4n) is 3.29. The Hall–Kier alpha value is -2.50. The maximum Gasteiger partial charge on any atom is 0.274 e. The maximum absolute atomic E-state index is 12.8. The van der Waals surface area contributed by atoms with Gasteiger partial charge in [0.1, 0.15) is 11.5 Å². The predicted molar refractivity (Wildman–Crippen MR) is 97.6 cm³/mol. The fraction of sp³-hybridized carbons (Fsp3) is 0.474. The first kappa shape index (κ1) is 17.3. The lowest BCUT2D eigenvalue weighted by atomic mass is 9.96. The summed E-state index contributed by atoms with van der Waals surface area (Å²) >= 11 is 0. The van der Waals surface area contributed by atoms with Crippen LogP contribution in [0.2, 0.25) is 0 Å². The number of hydrogen-bond acceptors (Lipinski definition) is 5. The second-order valence-electron chi connectivity index (χ2n) is 6.66. The van der Waals surface area contributed by atoms with Gasteiger partial charge < -0.3 is 9.80 Å². The number of pyridine rings is 1. The highest BCUT2D eigenvalue weighted by Crippen LogP contribution is 2.23. The highest BCUT2D eigenvalue weighted by Gasteiger charge is 2.28. The Balaban J connectivity index is 1.67. The molecule has 1 amide bonds. The van der Waals surface area contributed by atoms with E-state index in [2.05, 4.69) is 21.0 Å². The van der Waals surface area contributed by atoms with Gasteiger partial charge in [0.15, 0.2) is 0 Å². The summed E-state index contributed by atoms with van der Waals surface area (Å²) in [6.07, 6.45) is 9.77. The Labute approximate surface area is 148 Å². The highest BCUT2D eigenvalue weighted by molar-refractivity contribution is 5.92. The minimum atomic E-state index is -0.00667. The predicted octanol–water partition coefficient (Wildman–Crippen LogP) is 2.57. The van der Waals surface area contributed by atoms with Gasteiger partial charge in [0.2, 0.25) is 0 Å². The van der Waals surface area contributed by atoms with Crippen LogP contribution in [-0.2, 0) is 6.42 Å². The van der Waals surface area contributed by atoms with E-state index in [4.69, 9.17) is 0 Å². The summed E-state index contributed by atoms with van der Waals surface area (Å²) in [5, 5.41) is 0. The minimum absolute atomic E-state index is 0.00667. The number of nitrogens with zero attached hydrogens (tertiary/aromatic N) is 5. The molecule has 3 rings (SSSR count). The van der Waals surface area contributed by atoms with E-state index in [1.165, 1.54) is 6.42 Å². The van der Waals surface area contributed by atoms with Gasteiger partial charge in [-0.3, -0.25) is 9.78 Å². The van der Waals surface area contributed by atoms with Crippen LogP contribution in [0.15, 0.2) is 36.8 Å². The SMILES string of the molecule is CN(C)c1cccc(CC[C@H]2CCCCN2C(=O)c2cnccn2)n1. The molecule has 1 aliphatic heterocycles. The van der Waals surface area contributed by atoms with Crippen LogP contribution in [0.25, 0.3) is 0 Å². The van der Waals surface area contributed by atoms with Crippen LogP contribution in [-0.4, -0.2) is 52.4 Å². The number of hydrogen-bond donors (Lipinski definition) is 0. The topological polar surface area (TPSA) is 62.2 Å². The van der Waals surface area contributed by atoms with Crippen molar-refractivity contribution < 1.29 is 4.79 Å². The lowest BCUT2D eigenvalue weighted by Crippen LogP contribution is -2.44. The number of carbonyl (C=O) groups excluding carboxylic acids is 1. The maximum atomic E-state index is 12.8. The second-order valence-corrected chi connectivity index (χ2v) is 6.66. The monoisotopic (exact) mass is 339 g/mol. The molecule has 0 aliphatic carbocycles. The van der Waals surface area contributed by atoms with Crippen molar-refractivity contribution in [3.63, 3.8) is 0 Å². The number of carbonyl (C=O) groups is 1. The van der Waals surface area contributed by atoms with Crippen molar-refractivity contribution >= 4 is 11.7 Å². The van der Waals surface area contributed by atoms with Crippen LogP contribution < -0.4 is 4.90 Å². The van der Waals surface area contributed by atoms with E-state index in [1.54, 1.807) is 18.6 Å². The number of anilines is 1. The Morgan fingerprint density at radius 2 is 2.16 bits per heavy atom. The van der Waals surface area contributed by atoms with Crippen LogP contribution >= 0.6 is 0 Å². The third-order valence-electron chi connectivity index (χ3n) is 4.65. The molecule has 0 bridgehead atoms. The fourth-order valence-corrected chi connectivity index (χ4v) is 3.29. The lowest BCUT2D eigenvalue weighted by Gasteiger charge is -2.35. The molecule has 6 heteroatoms. The van der Waals surface area contributed by atoms with Gasteiger partial charge in [0.25, 0.3) is 5.91 Å². The molecule has 0 saturated carbocycles. The molecule has 0 unspecified atom stereocenters. The van der Waals surface area contributed by atoms with Gasteiger partial charge in [-0.1, -0.05) is 6.07 Å². The summed E-state index contributed by atoms with van der Waals surface area (Å²) in [5.74, 6) is 0.960. The van der Waals surface area contributed by atoms with Crippen molar-refractivity contribution in [2.45, 2.75) is 38.1 Å². The van der Waals surface area contributed by atoms with Gasteiger partial charge >= 0.3 is 0 Å².